The standard InChI is InChI=1S/C13H9BrN4O2/c14-7-1-4-11-12(5-7)17-13(16-11)9-6-8(18(19)20)2-3-10(9)15/h1-6H,15H2,(H,16,17). The maximum atomic E-state index is 10.8. The number of benzene rings is 2. The van der Waals surface area contributed by atoms with Crippen LogP contribution < -0.4 is 5.73 Å². The number of hydrogen-bond acceptors (Lipinski definition) is 4. The number of hydrogen-bond donors (Lipinski definition) is 2. The molecule has 2 aromatic carbocycles. The van der Waals surface area contributed by atoms with Gasteiger partial charge in [-0.2, -0.15) is 0 Å². The number of non-ortho nitro benzene ring substituents is 1. The second-order valence-corrected chi connectivity index (χ2v) is 5.19. The predicted octanol–water partition coefficient (Wildman–Crippen LogP) is 3.48. The summed E-state index contributed by atoms with van der Waals surface area (Å²) in [4.78, 5) is 17.9. The Morgan fingerprint density at radius 1 is 1.25 bits per heavy atom. The molecule has 0 saturated carbocycles. The topological polar surface area (TPSA) is 97.8 Å². The zero-order chi connectivity index (χ0) is 14.3. The lowest BCUT2D eigenvalue weighted by Crippen LogP contribution is -1.94. The summed E-state index contributed by atoms with van der Waals surface area (Å²) in [6.07, 6.45) is 0. The Balaban J connectivity index is 2.19. The van der Waals surface area contributed by atoms with E-state index in [2.05, 4.69) is 25.9 Å². The molecule has 100 valence electrons. The third kappa shape index (κ3) is 2.12. The Kier molecular flexibility index (Phi) is 2.90. The first-order valence-corrected chi connectivity index (χ1v) is 6.53. The quantitative estimate of drug-likeness (QED) is 0.426. The van der Waals surface area contributed by atoms with Crippen molar-refractivity contribution in [2.75, 3.05) is 5.73 Å². The first-order chi connectivity index (χ1) is 9.54. The molecule has 3 N–H and O–H groups in total. The molecule has 6 nitrogen and oxygen atoms in total. The molecule has 0 unspecified atom stereocenters. The molecule has 0 aliphatic carbocycles. The molecule has 0 amide bonds. The number of imidazole rings is 1. The maximum Gasteiger partial charge on any atom is 0.270 e. The largest absolute Gasteiger partial charge is 0.398 e. The second-order valence-electron chi connectivity index (χ2n) is 4.28. The Morgan fingerprint density at radius 2 is 2.05 bits per heavy atom. The van der Waals surface area contributed by atoms with E-state index in [0.717, 1.165) is 15.5 Å². The van der Waals surface area contributed by atoms with Crippen LogP contribution in [0.15, 0.2) is 40.9 Å². The number of nitrogens with one attached hydrogen (secondary N) is 1. The van der Waals surface area contributed by atoms with Crippen LogP contribution in [0, 0.1) is 10.1 Å². The lowest BCUT2D eigenvalue weighted by atomic mass is 10.1. The third-order valence-electron chi connectivity index (χ3n) is 2.95. The van der Waals surface area contributed by atoms with Crippen molar-refractivity contribution in [3.8, 4) is 11.4 Å². The number of nitrogen functional groups attached to an aromatic ring is 1. The van der Waals surface area contributed by atoms with Crippen LogP contribution in [0.2, 0.25) is 0 Å². The van der Waals surface area contributed by atoms with Gasteiger partial charge in [0.1, 0.15) is 5.82 Å². The van der Waals surface area contributed by atoms with Crippen molar-refractivity contribution < 1.29 is 4.92 Å². The number of fused-ring (bicyclic) bond motifs is 1. The van der Waals surface area contributed by atoms with Crippen LogP contribution in [0.25, 0.3) is 22.4 Å². The van der Waals surface area contributed by atoms with Crippen molar-refractivity contribution >= 4 is 38.3 Å². The normalized spacial score (nSPS) is 10.8. The highest BCUT2D eigenvalue weighted by atomic mass is 79.9. The Bertz CT molecular complexity index is 828. The van der Waals surface area contributed by atoms with Crippen molar-refractivity contribution in [3.05, 3.63) is 51.0 Å². The van der Waals surface area contributed by atoms with Gasteiger partial charge in [-0.15, -0.1) is 0 Å². The first-order valence-electron chi connectivity index (χ1n) is 5.74. The minimum atomic E-state index is -0.456. The van der Waals surface area contributed by atoms with Gasteiger partial charge in [-0.05, 0) is 24.3 Å². The minimum absolute atomic E-state index is 0.0177. The highest BCUT2D eigenvalue weighted by Gasteiger charge is 2.13. The fraction of sp³-hybridized carbons (Fsp3) is 0. The van der Waals surface area contributed by atoms with Crippen LogP contribution in [0.3, 0.4) is 0 Å². The van der Waals surface area contributed by atoms with Crippen LogP contribution in [0.4, 0.5) is 11.4 Å². The molecular formula is C13H9BrN4O2. The molecule has 0 bridgehead atoms. The predicted molar refractivity (Wildman–Crippen MR) is 80.3 cm³/mol. The summed E-state index contributed by atoms with van der Waals surface area (Å²) in [6, 6.07) is 9.92. The maximum absolute atomic E-state index is 10.8. The lowest BCUT2D eigenvalue weighted by Gasteiger charge is -2.01. The smallest absolute Gasteiger partial charge is 0.270 e. The van der Waals surface area contributed by atoms with Gasteiger partial charge in [0.2, 0.25) is 0 Å². The number of rotatable bonds is 2. The van der Waals surface area contributed by atoms with Gasteiger partial charge in [-0.1, -0.05) is 15.9 Å². The van der Waals surface area contributed by atoms with Crippen molar-refractivity contribution in [2.45, 2.75) is 0 Å². The van der Waals surface area contributed by atoms with Crippen molar-refractivity contribution in [2.24, 2.45) is 0 Å². The molecule has 1 aromatic heterocycles. The molecule has 0 fully saturated rings. The zero-order valence-electron chi connectivity index (χ0n) is 10.1. The van der Waals surface area contributed by atoms with Gasteiger partial charge in [0.15, 0.2) is 0 Å². The van der Waals surface area contributed by atoms with E-state index in [4.69, 9.17) is 5.73 Å². The fourth-order valence-corrected chi connectivity index (χ4v) is 2.33. The van der Waals surface area contributed by atoms with Gasteiger partial charge in [-0.3, -0.25) is 10.1 Å². The van der Waals surface area contributed by atoms with E-state index >= 15 is 0 Å². The van der Waals surface area contributed by atoms with E-state index in [-0.39, 0.29) is 5.69 Å². The highest BCUT2D eigenvalue weighted by molar-refractivity contribution is 9.10. The molecule has 3 rings (SSSR count). The lowest BCUT2D eigenvalue weighted by molar-refractivity contribution is -0.384. The summed E-state index contributed by atoms with van der Waals surface area (Å²) in [5, 5.41) is 10.8. The Labute approximate surface area is 121 Å². The third-order valence-corrected chi connectivity index (χ3v) is 3.44. The monoisotopic (exact) mass is 332 g/mol. The number of aromatic nitrogens is 2. The van der Waals surface area contributed by atoms with E-state index < -0.39 is 4.92 Å². The summed E-state index contributed by atoms with van der Waals surface area (Å²) in [7, 11) is 0. The van der Waals surface area contributed by atoms with E-state index in [1.54, 1.807) is 0 Å². The molecule has 7 heteroatoms. The van der Waals surface area contributed by atoms with Crippen LogP contribution >= 0.6 is 15.9 Å². The van der Waals surface area contributed by atoms with Gasteiger partial charge in [0.05, 0.1) is 16.0 Å². The van der Waals surface area contributed by atoms with Gasteiger partial charge in [0.25, 0.3) is 5.69 Å². The number of aromatic amines is 1. The molecule has 0 aliphatic heterocycles. The molecule has 20 heavy (non-hydrogen) atoms. The van der Waals surface area contributed by atoms with E-state index in [1.165, 1.54) is 18.2 Å². The van der Waals surface area contributed by atoms with E-state index in [9.17, 15) is 10.1 Å². The summed E-state index contributed by atoms with van der Waals surface area (Å²) in [5.74, 6) is 0.513. The van der Waals surface area contributed by atoms with Crippen molar-refractivity contribution in [1.29, 1.82) is 0 Å². The molecule has 0 radical (unpaired) electrons. The second kappa shape index (κ2) is 4.61. The van der Waals surface area contributed by atoms with Crippen molar-refractivity contribution in [3.63, 3.8) is 0 Å². The molecule has 0 spiro atoms. The zero-order valence-corrected chi connectivity index (χ0v) is 11.7. The van der Waals surface area contributed by atoms with Gasteiger partial charge in [-0.25, -0.2) is 4.98 Å². The average Bonchev–Trinajstić information content (AvgIpc) is 2.81. The van der Waals surface area contributed by atoms with Crippen LogP contribution in [0.1, 0.15) is 0 Å². The number of nitrogens with two attached hydrogens (primary N) is 1. The van der Waals surface area contributed by atoms with Gasteiger partial charge in [0, 0.05) is 27.9 Å². The SMILES string of the molecule is Nc1ccc([N+](=O)[O-])cc1-c1nc2ccc(Br)cc2[nH]1. The number of nitro groups is 1. The number of H-pyrrole nitrogens is 1. The molecule has 3 aromatic rings. The fourth-order valence-electron chi connectivity index (χ4n) is 1.97. The van der Waals surface area contributed by atoms with Crippen molar-refractivity contribution in [1.82, 2.24) is 9.97 Å². The Morgan fingerprint density at radius 3 is 2.80 bits per heavy atom. The average molecular weight is 333 g/mol. The number of anilines is 1. The van der Waals surface area contributed by atoms with Crippen LogP contribution in [-0.4, -0.2) is 14.9 Å². The van der Waals surface area contributed by atoms with Crippen LogP contribution in [-0.2, 0) is 0 Å². The summed E-state index contributed by atoms with van der Waals surface area (Å²) in [6.45, 7) is 0. The van der Waals surface area contributed by atoms with E-state index in [0.29, 0.717) is 17.1 Å². The molecule has 0 aliphatic rings. The van der Waals surface area contributed by atoms with Gasteiger partial charge >= 0.3 is 0 Å². The number of nitrogens with zero attached hydrogens (tertiary/aromatic N) is 2. The molecule has 1 heterocycles. The molecular weight excluding hydrogens is 324 g/mol. The number of nitro benzene ring substituents is 1. The highest BCUT2D eigenvalue weighted by Crippen LogP contribution is 2.30. The van der Waals surface area contributed by atoms with Crippen LogP contribution in [0.5, 0.6) is 0 Å². The Hall–Kier alpha value is -2.41. The van der Waals surface area contributed by atoms with Gasteiger partial charge < -0.3 is 10.7 Å². The molecule has 0 saturated heterocycles. The first kappa shape index (κ1) is 12.6. The minimum Gasteiger partial charge on any atom is -0.398 e. The summed E-state index contributed by atoms with van der Waals surface area (Å²) < 4.78 is 0.923. The summed E-state index contributed by atoms with van der Waals surface area (Å²) in [5.41, 5.74) is 8.43. The molecule has 0 atom stereocenters. The van der Waals surface area contributed by atoms with E-state index in [1.807, 2.05) is 18.2 Å². The summed E-state index contributed by atoms with van der Waals surface area (Å²) >= 11 is 3.38. The number of halogens is 1.